The van der Waals surface area contributed by atoms with Crippen LogP contribution >= 0.6 is 0 Å². The third kappa shape index (κ3) is 3.16. The largest absolute Gasteiger partial charge is 0.468 e. The molecule has 1 aromatic rings. The maximum atomic E-state index is 12.8. The second-order valence-electron chi connectivity index (χ2n) is 7.20. The van der Waals surface area contributed by atoms with Crippen molar-refractivity contribution in [3.63, 3.8) is 0 Å². The summed E-state index contributed by atoms with van der Waals surface area (Å²) in [4.78, 5) is 27.1. The van der Waals surface area contributed by atoms with Gasteiger partial charge in [0.2, 0.25) is 0 Å². The molecule has 1 fully saturated rings. The second-order valence-corrected chi connectivity index (χ2v) is 7.20. The highest BCUT2D eigenvalue weighted by atomic mass is 16.5. The van der Waals surface area contributed by atoms with E-state index in [1.54, 1.807) is 0 Å². The first-order valence-electron chi connectivity index (χ1n) is 8.64. The maximum absolute atomic E-state index is 12.8. The normalized spacial score (nSPS) is 24.8. The van der Waals surface area contributed by atoms with E-state index in [0.717, 1.165) is 24.1 Å². The molecular formula is C20H25NO3. The number of allylic oxidation sites excluding steroid dienone is 1. The number of fused-ring (bicyclic) bond motifs is 1. The summed E-state index contributed by atoms with van der Waals surface area (Å²) in [5.74, 6) is 0.595. The van der Waals surface area contributed by atoms with Gasteiger partial charge in [-0.25, -0.2) is 0 Å². The predicted molar refractivity (Wildman–Crippen MR) is 93.2 cm³/mol. The predicted octanol–water partition coefficient (Wildman–Crippen LogP) is 2.79. The van der Waals surface area contributed by atoms with Crippen molar-refractivity contribution in [2.45, 2.75) is 26.3 Å². The summed E-state index contributed by atoms with van der Waals surface area (Å²) in [6.45, 7) is 5.60. The highest BCUT2D eigenvalue weighted by Gasteiger charge is 2.45. The van der Waals surface area contributed by atoms with Crippen molar-refractivity contribution in [3.8, 4) is 0 Å². The van der Waals surface area contributed by atoms with E-state index >= 15 is 0 Å². The lowest BCUT2D eigenvalue weighted by Gasteiger charge is -2.27. The fourth-order valence-corrected chi connectivity index (χ4v) is 3.89. The first kappa shape index (κ1) is 16.9. The minimum atomic E-state index is -0.248. The number of carbonyl (C=O) groups is 2. The van der Waals surface area contributed by atoms with E-state index in [0.29, 0.717) is 12.5 Å². The van der Waals surface area contributed by atoms with E-state index in [1.807, 2.05) is 30.3 Å². The monoisotopic (exact) mass is 327 g/mol. The number of hydrogen-bond donors (Lipinski definition) is 0. The summed E-state index contributed by atoms with van der Waals surface area (Å²) in [7, 11) is 1.44. The van der Waals surface area contributed by atoms with Crippen LogP contribution in [0.2, 0.25) is 0 Å². The van der Waals surface area contributed by atoms with Gasteiger partial charge in [-0.05, 0) is 17.9 Å². The summed E-state index contributed by atoms with van der Waals surface area (Å²) in [5, 5.41) is 0. The number of nitrogens with zero attached hydrogens (tertiary/aromatic N) is 1. The molecule has 0 saturated carbocycles. The summed E-state index contributed by atoms with van der Waals surface area (Å²) in [6, 6.07) is 9.59. The Morgan fingerprint density at radius 1 is 1.25 bits per heavy atom. The van der Waals surface area contributed by atoms with Gasteiger partial charge in [0, 0.05) is 30.5 Å². The average molecular weight is 327 g/mol. The van der Waals surface area contributed by atoms with Gasteiger partial charge in [-0.1, -0.05) is 50.3 Å². The zero-order valence-electron chi connectivity index (χ0n) is 14.6. The Bertz CT molecular complexity index is 650. The molecule has 0 spiro atoms. The van der Waals surface area contributed by atoms with Crippen molar-refractivity contribution in [3.05, 3.63) is 42.0 Å². The summed E-state index contributed by atoms with van der Waals surface area (Å²) < 4.78 is 4.98. The molecule has 0 unspecified atom stereocenters. The topological polar surface area (TPSA) is 46.6 Å². The number of rotatable bonds is 5. The SMILES string of the molecule is COC(=O)[C@H](CC(C)C)N1C[C@H]2C=C(c3ccccc3)C(=O)[C@H]2C1. The molecule has 0 amide bonds. The Kier molecular flexibility index (Phi) is 4.86. The number of ether oxygens (including phenoxy) is 1. The average Bonchev–Trinajstić information content (AvgIpc) is 3.12. The number of Topliss-reactive ketones (excluding diaryl/α,β-unsaturated/α-hetero) is 1. The Morgan fingerprint density at radius 3 is 2.54 bits per heavy atom. The van der Waals surface area contributed by atoms with Crippen molar-refractivity contribution in [1.29, 1.82) is 0 Å². The van der Waals surface area contributed by atoms with Crippen LogP contribution in [0.25, 0.3) is 5.57 Å². The standard InChI is InChI=1S/C20H25NO3/c1-13(2)9-18(20(23)24-3)21-11-15-10-16(19(22)17(15)12-21)14-7-5-4-6-8-14/h4-8,10,13,15,17-18H,9,11-12H2,1-3H3/t15-,17+,18+/m1/s1. The van der Waals surface area contributed by atoms with Crippen LogP contribution in [0, 0.1) is 17.8 Å². The molecule has 0 bridgehead atoms. The minimum Gasteiger partial charge on any atom is -0.468 e. The molecule has 4 heteroatoms. The highest BCUT2D eigenvalue weighted by molar-refractivity contribution is 6.24. The molecule has 0 aromatic heterocycles. The molecule has 4 nitrogen and oxygen atoms in total. The third-order valence-electron chi connectivity index (χ3n) is 5.07. The molecule has 1 heterocycles. The smallest absolute Gasteiger partial charge is 0.323 e. The van der Waals surface area contributed by atoms with Crippen LogP contribution in [-0.2, 0) is 14.3 Å². The summed E-state index contributed by atoms with van der Waals surface area (Å²) in [6.07, 6.45) is 2.86. The Labute approximate surface area is 143 Å². The van der Waals surface area contributed by atoms with Gasteiger partial charge in [0.05, 0.1) is 7.11 Å². The molecule has 0 radical (unpaired) electrons. The van der Waals surface area contributed by atoms with Crippen molar-refractivity contribution in [1.82, 2.24) is 4.90 Å². The zero-order valence-corrected chi connectivity index (χ0v) is 14.6. The van der Waals surface area contributed by atoms with Crippen molar-refractivity contribution in [2.24, 2.45) is 17.8 Å². The van der Waals surface area contributed by atoms with E-state index in [4.69, 9.17) is 4.74 Å². The molecule has 1 saturated heterocycles. The summed E-state index contributed by atoms with van der Waals surface area (Å²) in [5.41, 5.74) is 1.83. The van der Waals surface area contributed by atoms with E-state index in [2.05, 4.69) is 24.8 Å². The van der Waals surface area contributed by atoms with Gasteiger partial charge in [0.1, 0.15) is 6.04 Å². The van der Waals surface area contributed by atoms with Crippen LogP contribution in [0.5, 0.6) is 0 Å². The van der Waals surface area contributed by atoms with E-state index in [1.165, 1.54) is 7.11 Å². The number of ketones is 1. The number of likely N-dealkylation sites (tertiary alicyclic amines) is 1. The van der Waals surface area contributed by atoms with Crippen molar-refractivity contribution < 1.29 is 14.3 Å². The van der Waals surface area contributed by atoms with Gasteiger partial charge in [-0.15, -0.1) is 0 Å². The van der Waals surface area contributed by atoms with Gasteiger partial charge in [-0.3, -0.25) is 14.5 Å². The second kappa shape index (κ2) is 6.89. The molecule has 1 aromatic carbocycles. The Hall–Kier alpha value is -1.94. The molecular weight excluding hydrogens is 302 g/mol. The number of hydrogen-bond acceptors (Lipinski definition) is 4. The fraction of sp³-hybridized carbons (Fsp3) is 0.500. The molecule has 24 heavy (non-hydrogen) atoms. The lowest BCUT2D eigenvalue weighted by Crippen LogP contribution is -2.42. The third-order valence-corrected chi connectivity index (χ3v) is 5.07. The van der Waals surface area contributed by atoms with Crippen molar-refractivity contribution >= 4 is 17.3 Å². The Morgan fingerprint density at radius 2 is 1.96 bits per heavy atom. The van der Waals surface area contributed by atoms with Gasteiger partial charge < -0.3 is 4.74 Å². The molecule has 1 aliphatic carbocycles. The molecule has 1 aliphatic heterocycles. The van der Waals surface area contributed by atoms with Crippen LogP contribution in [0.3, 0.4) is 0 Å². The first-order chi connectivity index (χ1) is 11.5. The summed E-state index contributed by atoms with van der Waals surface area (Å²) >= 11 is 0. The molecule has 2 aliphatic rings. The molecule has 128 valence electrons. The fourth-order valence-electron chi connectivity index (χ4n) is 3.89. The van der Waals surface area contributed by atoms with Gasteiger partial charge in [-0.2, -0.15) is 0 Å². The van der Waals surface area contributed by atoms with Gasteiger partial charge >= 0.3 is 5.97 Å². The number of benzene rings is 1. The van der Waals surface area contributed by atoms with Gasteiger partial charge in [0.15, 0.2) is 5.78 Å². The number of methoxy groups -OCH3 is 1. The number of carbonyl (C=O) groups excluding carboxylic acids is 2. The molecule has 0 N–H and O–H groups in total. The first-order valence-corrected chi connectivity index (χ1v) is 8.64. The lowest BCUT2D eigenvalue weighted by molar-refractivity contribution is -0.147. The van der Waals surface area contributed by atoms with E-state index < -0.39 is 0 Å². The van der Waals surface area contributed by atoms with E-state index in [9.17, 15) is 9.59 Å². The van der Waals surface area contributed by atoms with Crippen LogP contribution in [-0.4, -0.2) is 42.9 Å². The van der Waals surface area contributed by atoms with Crippen LogP contribution in [0.4, 0.5) is 0 Å². The van der Waals surface area contributed by atoms with Gasteiger partial charge in [0.25, 0.3) is 0 Å². The number of esters is 1. The van der Waals surface area contributed by atoms with Crippen molar-refractivity contribution in [2.75, 3.05) is 20.2 Å². The maximum Gasteiger partial charge on any atom is 0.323 e. The highest BCUT2D eigenvalue weighted by Crippen LogP contribution is 2.39. The zero-order chi connectivity index (χ0) is 17.3. The van der Waals surface area contributed by atoms with Crippen LogP contribution in [0.1, 0.15) is 25.8 Å². The Balaban J connectivity index is 1.77. The molecule has 3 rings (SSSR count). The molecule has 3 atom stereocenters. The van der Waals surface area contributed by atoms with Crippen LogP contribution < -0.4 is 0 Å². The minimum absolute atomic E-state index is 0.0282. The lowest BCUT2D eigenvalue weighted by atomic mass is 9.97. The quantitative estimate of drug-likeness (QED) is 0.780. The van der Waals surface area contributed by atoms with E-state index in [-0.39, 0.29) is 29.6 Å². The van der Waals surface area contributed by atoms with Crippen LogP contribution in [0.15, 0.2) is 36.4 Å².